The number of aryl methyl sites for hydroxylation is 2. The summed E-state index contributed by atoms with van der Waals surface area (Å²) in [5, 5.41) is 5.30. The zero-order valence-corrected chi connectivity index (χ0v) is 15.3. The Hall–Kier alpha value is -1.74. The number of hydrogen-bond donors (Lipinski definition) is 1. The van der Waals surface area contributed by atoms with Crippen molar-refractivity contribution < 1.29 is 4.79 Å². The summed E-state index contributed by atoms with van der Waals surface area (Å²) in [6.45, 7) is 2.33. The second-order valence-corrected chi connectivity index (χ2v) is 7.20. The monoisotopic (exact) mass is 439 g/mol. The number of amides is 1. The van der Waals surface area contributed by atoms with Crippen LogP contribution in [0.2, 0.25) is 0 Å². The Morgan fingerprint density at radius 3 is 3.00 bits per heavy atom. The standard InChI is InChI=1S/C16H14IN3O2S/c1-10-2-3-11(8-13(10)17)19-14(21)4-6-20-9-18-15-12(16(20)22)5-7-23-15/h2-3,5,7-9H,4,6H2,1H3,(H,19,21). The van der Waals surface area contributed by atoms with Crippen molar-refractivity contribution in [1.29, 1.82) is 0 Å². The molecule has 2 aromatic heterocycles. The van der Waals surface area contributed by atoms with Gasteiger partial charge in [0.2, 0.25) is 5.91 Å². The number of hydrogen-bond acceptors (Lipinski definition) is 4. The molecule has 0 spiro atoms. The number of nitrogens with one attached hydrogen (secondary N) is 1. The lowest BCUT2D eigenvalue weighted by Gasteiger charge is -2.08. The van der Waals surface area contributed by atoms with E-state index in [1.807, 2.05) is 30.5 Å². The highest BCUT2D eigenvalue weighted by atomic mass is 127. The molecule has 2 heterocycles. The maximum absolute atomic E-state index is 12.2. The van der Waals surface area contributed by atoms with Crippen LogP contribution in [-0.4, -0.2) is 15.5 Å². The molecule has 0 radical (unpaired) electrons. The highest BCUT2D eigenvalue weighted by Crippen LogP contribution is 2.17. The van der Waals surface area contributed by atoms with Crippen molar-refractivity contribution in [3.05, 3.63) is 55.5 Å². The lowest BCUT2D eigenvalue weighted by molar-refractivity contribution is -0.116. The smallest absolute Gasteiger partial charge is 0.262 e. The minimum absolute atomic E-state index is 0.103. The van der Waals surface area contributed by atoms with E-state index in [0.29, 0.717) is 11.9 Å². The van der Waals surface area contributed by atoms with Gasteiger partial charge in [-0.2, -0.15) is 0 Å². The number of fused-ring (bicyclic) bond motifs is 1. The van der Waals surface area contributed by atoms with Gasteiger partial charge in [0.05, 0.1) is 11.7 Å². The number of anilines is 1. The molecule has 0 aliphatic carbocycles. The van der Waals surface area contributed by atoms with Gasteiger partial charge in [-0.05, 0) is 58.7 Å². The fourth-order valence-electron chi connectivity index (χ4n) is 2.17. The van der Waals surface area contributed by atoms with Gasteiger partial charge < -0.3 is 5.32 Å². The van der Waals surface area contributed by atoms with E-state index in [2.05, 4.69) is 32.9 Å². The van der Waals surface area contributed by atoms with E-state index < -0.39 is 0 Å². The zero-order chi connectivity index (χ0) is 16.4. The number of benzene rings is 1. The number of aromatic nitrogens is 2. The Morgan fingerprint density at radius 2 is 2.22 bits per heavy atom. The van der Waals surface area contributed by atoms with E-state index in [1.54, 1.807) is 6.07 Å². The molecule has 3 rings (SSSR count). The van der Waals surface area contributed by atoms with Gasteiger partial charge in [-0.15, -0.1) is 11.3 Å². The molecule has 1 aromatic carbocycles. The fraction of sp³-hybridized carbons (Fsp3) is 0.188. The van der Waals surface area contributed by atoms with Crippen LogP contribution in [0.25, 0.3) is 10.2 Å². The Balaban J connectivity index is 1.67. The molecular formula is C16H14IN3O2S. The Kier molecular flexibility index (Phi) is 4.76. The van der Waals surface area contributed by atoms with Crippen molar-refractivity contribution >= 4 is 55.7 Å². The van der Waals surface area contributed by atoms with Crippen LogP contribution in [0.3, 0.4) is 0 Å². The first-order chi connectivity index (χ1) is 11.0. The maximum Gasteiger partial charge on any atom is 0.262 e. The van der Waals surface area contributed by atoms with Gasteiger partial charge in [-0.3, -0.25) is 14.2 Å². The van der Waals surface area contributed by atoms with E-state index in [0.717, 1.165) is 14.1 Å². The largest absolute Gasteiger partial charge is 0.326 e. The van der Waals surface area contributed by atoms with E-state index in [4.69, 9.17) is 0 Å². The normalized spacial score (nSPS) is 10.9. The summed E-state index contributed by atoms with van der Waals surface area (Å²) in [5.74, 6) is -0.123. The fourth-order valence-corrected chi connectivity index (χ4v) is 3.41. The number of carbonyl (C=O) groups is 1. The number of thiophene rings is 1. The van der Waals surface area contributed by atoms with E-state index in [9.17, 15) is 9.59 Å². The van der Waals surface area contributed by atoms with Crippen molar-refractivity contribution in [3.8, 4) is 0 Å². The third kappa shape index (κ3) is 3.61. The molecule has 0 saturated carbocycles. The van der Waals surface area contributed by atoms with Crippen molar-refractivity contribution in [2.45, 2.75) is 19.9 Å². The molecule has 1 N–H and O–H groups in total. The molecule has 1 amide bonds. The van der Waals surface area contributed by atoms with E-state index in [1.165, 1.54) is 27.8 Å². The summed E-state index contributed by atoms with van der Waals surface area (Å²) >= 11 is 3.67. The van der Waals surface area contributed by atoms with Crippen molar-refractivity contribution in [1.82, 2.24) is 9.55 Å². The van der Waals surface area contributed by atoms with Gasteiger partial charge in [0.25, 0.3) is 5.56 Å². The number of carbonyl (C=O) groups excluding carboxylic acids is 1. The number of rotatable bonds is 4. The molecule has 5 nitrogen and oxygen atoms in total. The molecule has 0 fully saturated rings. The van der Waals surface area contributed by atoms with Gasteiger partial charge >= 0.3 is 0 Å². The second kappa shape index (κ2) is 6.79. The number of halogens is 1. The molecule has 0 atom stereocenters. The van der Waals surface area contributed by atoms with Gasteiger partial charge in [-0.1, -0.05) is 6.07 Å². The average Bonchev–Trinajstić information content (AvgIpc) is 3.00. The maximum atomic E-state index is 12.2. The van der Waals surface area contributed by atoms with Crippen LogP contribution < -0.4 is 10.9 Å². The lowest BCUT2D eigenvalue weighted by Crippen LogP contribution is -2.23. The summed E-state index contributed by atoms with van der Waals surface area (Å²) in [7, 11) is 0. The molecule has 118 valence electrons. The average molecular weight is 439 g/mol. The summed E-state index contributed by atoms with van der Waals surface area (Å²) in [6.07, 6.45) is 1.73. The van der Waals surface area contributed by atoms with Gasteiger partial charge in [-0.25, -0.2) is 4.98 Å². The second-order valence-electron chi connectivity index (χ2n) is 5.14. The Morgan fingerprint density at radius 1 is 1.39 bits per heavy atom. The van der Waals surface area contributed by atoms with Crippen LogP contribution in [-0.2, 0) is 11.3 Å². The predicted molar refractivity (Wildman–Crippen MR) is 101 cm³/mol. The van der Waals surface area contributed by atoms with E-state index >= 15 is 0 Å². The van der Waals surface area contributed by atoms with Crippen molar-refractivity contribution in [3.63, 3.8) is 0 Å². The quantitative estimate of drug-likeness (QED) is 0.634. The highest BCUT2D eigenvalue weighted by Gasteiger charge is 2.08. The summed E-state index contributed by atoms with van der Waals surface area (Å²) < 4.78 is 2.58. The third-order valence-corrected chi connectivity index (χ3v) is 5.47. The van der Waals surface area contributed by atoms with Crippen LogP contribution in [0.4, 0.5) is 5.69 Å². The van der Waals surface area contributed by atoms with Gasteiger partial charge in [0.15, 0.2) is 0 Å². The third-order valence-electron chi connectivity index (χ3n) is 3.49. The van der Waals surface area contributed by atoms with Crippen LogP contribution >= 0.6 is 33.9 Å². The molecule has 0 unspecified atom stereocenters. The van der Waals surface area contributed by atoms with Crippen molar-refractivity contribution in [2.75, 3.05) is 5.32 Å². The summed E-state index contributed by atoms with van der Waals surface area (Å²) in [6, 6.07) is 7.54. The zero-order valence-electron chi connectivity index (χ0n) is 12.4. The first-order valence-corrected chi connectivity index (χ1v) is 8.99. The van der Waals surface area contributed by atoms with E-state index in [-0.39, 0.29) is 17.9 Å². The van der Waals surface area contributed by atoms with Crippen LogP contribution in [0, 0.1) is 10.5 Å². The molecule has 0 aliphatic rings. The van der Waals surface area contributed by atoms with Gasteiger partial charge in [0.1, 0.15) is 4.83 Å². The Bertz CT molecular complexity index is 932. The molecule has 0 bridgehead atoms. The van der Waals surface area contributed by atoms with Crippen molar-refractivity contribution in [2.24, 2.45) is 0 Å². The minimum Gasteiger partial charge on any atom is -0.326 e. The first-order valence-electron chi connectivity index (χ1n) is 7.03. The van der Waals surface area contributed by atoms with Crippen LogP contribution in [0.5, 0.6) is 0 Å². The Labute approximate surface area is 150 Å². The molecule has 7 heteroatoms. The highest BCUT2D eigenvalue weighted by molar-refractivity contribution is 14.1. The molecule has 23 heavy (non-hydrogen) atoms. The topological polar surface area (TPSA) is 64.0 Å². The molecule has 0 saturated heterocycles. The minimum atomic E-state index is -0.123. The predicted octanol–water partition coefficient (Wildman–Crippen LogP) is 3.40. The summed E-state index contributed by atoms with van der Waals surface area (Å²) in [4.78, 5) is 29.3. The molecule has 3 aromatic rings. The lowest BCUT2D eigenvalue weighted by atomic mass is 10.2. The first kappa shape index (κ1) is 16.1. The van der Waals surface area contributed by atoms with Crippen LogP contribution in [0.15, 0.2) is 40.8 Å². The SMILES string of the molecule is Cc1ccc(NC(=O)CCn2cnc3sccc3c2=O)cc1I. The van der Waals surface area contributed by atoms with Crippen LogP contribution in [0.1, 0.15) is 12.0 Å². The van der Waals surface area contributed by atoms with Gasteiger partial charge in [0, 0.05) is 22.2 Å². The molecule has 0 aliphatic heterocycles. The molecular weight excluding hydrogens is 425 g/mol. The number of nitrogens with zero attached hydrogens (tertiary/aromatic N) is 2. The summed E-state index contributed by atoms with van der Waals surface area (Å²) in [5.41, 5.74) is 1.84.